The van der Waals surface area contributed by atoms with Gasteiger partial charge in [0.1, 0.15) is 0 Å². The van der Waals surface area contributed by atoms with Crippen LogP contribution in [0.4, 0.5) is 11.4 Å². The van der Waals surface area contributed by atoms with Crippen molar-refractivity contribution in [1.82, 2.24) is 0 Å². The summed E-state index contributed by atoms with van der Waals surface area (Å²) in [5, 5.41) is 13.7. The van der Waals surface area contributed by atoms with Gasteiger partial charge in [-0.25, -0.2) is 0 Å². The van der Waals surface area contributed by atoms with Gasteiger partial charge in [-0.3, -0.25) is 14.9 Å². The molecule has 0 spiro atoms. The summed E-state index contributed by atoms with van der Waals surface area (Å²) in [4.78, 5) is 21.9. The zero-order chi connectivity index (χ0) is 13.8. The summed E-state index contributed by atoms with van der Waals surface area (Å²) in [6, 6.07) is 4.64. The third-order valence-corrected chi connectivity index (χ3v) is 3.28. The van der Waals surface area contributed by atoms with E-state index in [0.29, 0.717) is 6.42 Å². The molecule has 1 N–H and O–H groups in total. The van der Waals surface area contributed by atoms with E-state index in [9.17, 15) is 14.9 Å². The van der Waals surface area contributed by atoms with Crippen molar-refractivity contribution >= 4 is 17.2 Å². The molecule has 0 bridgehead atoms. The second-order valence-corrected chi connectivity index (χ2v) is 4.70. The topological polar surface area (TPSA) is 72.2 Å². The van der Waals surface area contributed by atoms with Gasteiger partial charge >= 0.3 is 0 Å². The average Bonchev–Trinajstić information content (AvgIpc) is 2.39. The second kappa shape index (κ2) is 5.65. The molecular formula is C14H16N2O3. The monoisotopic (exact) mass is 260 g/mol. The van der Waals surface area contributed by atoms with E-state index in [1.807, 2.05) is 0 Å². The number of nitro benzene ring substituents is 1. The maximum atomic E-state index is 11.6. The Morgan fingerprint density at radius 1 is 1.32 bits per heavy atom. The minimum Gasteiger partial charge on any atom is -0.361 e. The zero-order valence-corrected chi connectivity index (χ0v) is 10.8. The van der Waals surface area contributed by atoms with Crippen LogP contribution in [0.2, 0.25) is 0 Å². The molecule has 0 radical (unpaired) electrons. The van der Waals surface area contributed by atoms with Gasteiger partial charge in [0.05, 0.1) is 4.92 Å². The molecule has 19 heavy (non-hydrogen) atoms. The Labute approximate surface area is 111 Å². The van der Waals surface area contributed by atoms with Crippen LogP contribution in [0.25, 0.3) is 0 Å². The molecule has 5 nitrogen and oxygen atoms in total. The van der Waals surface area contributed by atoms with E-state index in [2.05, 4.69) is 5.32 Å². The molecule has 0 atom stereocenters. The Balaban J connectivity index is 2.13. The highest BCUT2D eigenvalue weighted by Crippen LogP contribution is 2.23. The molecule has 0 amide bonds. The van der Waals surface area contributed by atoms with E-state index >= 15 is 0 Å². The van der Waals surface area contributed by atoms with Crippen molar-refractivity contribution < 1.29 is 9.72 Å². The van der Waals surface area contributed by atoms with Gasteiger partial charge in [-0.05, 0) is 37.8 Å². The van der Waals surface area contributed by atoms with Crippen molar-refractivity contribution in [1.29, 1.82) is 0 Å². The van der Waals surface area contributed by atoms with Gasteiger partial charge in [0.25, 0.3) is 5.69 Å². The first-order valence-corrected chi connectivity index (χ1v) is 6.32. The quantitative estimate of drug-likeness (QED) is 0.514. The maximum Gasteiger partial charge on any atom is 0.269 e. The maximum absolute atomic E-state index is 11.6. The van der Waals surface area contributed by atoms with Gasteiger partial charge < -0.3 is 5.32 Å². The van der Waals surface area contributed by atoms with E-state index < -0.39 is 4.92 Å². The first kappa shape index (κ1) is 13.3. The minimum absolute atomic E-state index is 0.0736. The van der Waals surface area contributed by atoms with E-state index in [-0.39, 0.29) is 11.5 Å². The number of hydrogen-bond acceptors (Lipinski definition) is 4. The Hall–Kier alpha value is -2.17. The summed E-state index contributed by atoms with van der Waals surface area (Å²) >= 11 is 0. The summed E-state index contributed by atoms with van der Waals surface area (Å²) in [5.41, 5.74) is 2.46. The van der Waals surface area contributed by atoms with Gasteiger partial charge in [-0.2, -0.15) is 0 Å². The first-order chi connectivity index (χ1) is 9.08. The third kappa shape index (κ3) is 3.19. The van der Waals surface area contributed by atoms with Crippen LogP contribution in [0.5, 0.6) is 0 Å². The molecule has 1 saturated carbocycles. The molecule has 1 fully saturated rings. The van der Waals surface area contributed by atoms with Crippen LogP contribution in [-0.4, -0.2) is 10.7 Å². The van der Waals surface area contributed by atoms with Crippen molar-refractivity contribution in [2.24, 2.45) is 0 Å². The fraction of sp³-hybridized carbons (Fsp3) is 0.357. The molecule has 5 heteroatoms. The Bertz CT molecular complexity index is 550. The third-order valence-electron chi connectivity index (χ3n) is 3.28. The van der Waals surface area contributed by atoms with Crippen molar-refractivity contribution in [3.05, 3.63) is 45.6 Å². The second-order valence-electron chi connectivity index (χ2n) is 4.70. The number of aryl methyl sites for hydroxylation is 1. The summed E-state index contributed by atoms with van der Waals surface area (Å²) in [6.45, 7) is 1.80. The van der Waals surface area contributed by atoms with E-state index in [0.717, 1.165) is 36.1 Å². The molecule has 100 valence electrons. The van der Waals surface area contributed by atoms with E-state index in [1.54, 1.807) is 19.2 Å². The lowest BCUT2D eigenvalue weighted by Gasteiger charge is -2.13. The molecule has 1 aromatic rings. The van der Waals surface area contributed by atoms with Crippen LogP contribution in [-0.2, 0) is 4.79 Å². The highest BCUT2D eigenvalue weighted by atomic mass is 16.6. The molecule has 1 aliphatic rings. The van der Waals surface area contributed by atoms with Gasteiger partial charge in [0.15, 0.2) is 5.78 Å². The van der Waals surface area contributed by atoms with Crippen molar-refractivity contribution in [3.63, 3.8) is 0 Å². The lowest BCUT2D eigenvalue weighted by molar-refractivity contribution is -0.384. The van der Waals surface area contributed by atoms with Gasteiger partial charge in [-0.15, -0.1) is 0 Å². The Kier molecular flexibility index (Phi) is 3.94. The number of carbonyl (C=O) groups excluding carboxylic acids is 1. The molecule has 0 aliphatic heterocycles. The molecular weight excluding hydrogens is 244 g/mol. The van der Waals surface area contributed by atoms with Crippen LogP contribution in [0.15, 0.2) is 30.0 Å². The zero-order valence-electron chi connectivity index (χ0n) is 10.8. The summed E-state index contributed by atoms with van der Waals surface area (Å²) < 4.78 is 0. The number of allylic oxidation sites excluding steroid dienone is 1. The number of non-ortho nitro benzene ring substituents is 1. The van der Waals surface area contributed by atoms with E-state index in [4.69, 9.17) is 0 Å². The SMILES string of the molecule is Cc1cc([N+](=O)[O-])ccc1N/C=C1\CCCCC1=O. The van der Waals surface area contributed by atoms with Gasteiger partial charge in [-0.1, -0.05) is 0 Å². The number of nitro groups is 1. The molecule has 0 unspecified atom stereocenters. The molecule has 0 aromatic heterocycles. The van der Waals surface area contributed by atoms with Crippen LogP contribution >= 0.6 is 0 Å². The largest absolute Gasteiger partial charge is 0.361 e. The highest BCUT2D eigenvalue weighted by molar-refractivity contribution is 5.96. The number of anilines is 1. The number of nitrogens with zero attached hydrogens (tertiary/aromatic N) is 1. The summed E-state index contributed by atoms with van der Waals surface area (Å²) in [7, 11) is 0. The molecule has 0 heterocycles. The first-order valence-electron chi connectivity index (χ1n) is 6.32. The van der Waals surface area contributed by atoms with Crippen molar-refractivity contribution in [2.45, 2.75) is 32.6 Å². The molecule has 1 aromatic carbocycles. The Morgan fingerprint density at radius 3 is 2.68 bits per heavy atom. The molecule has 0 saturated heterocycles. The van der Waals surface area contributed by atoms with Crippen LogP contribution in [0.3, 0.4) is 0 Å². The fourth-order valence-corrected chi connectivity index (χ4v) is 2.14. The van der Waals surface area contributed by atoms with Crippen molar-refractivity contribution in [3.8, 4) is 0 Å². The standard InChI is InChI=1S/C14H16N2O3/c1-10-8-12(16(18)19)6-7-13(10)15-9-11-4-2-3-5-14(11)17/h6-9,15H,2-5H2,1H3/b11-9+. The van der Waals surface area contributed by atoms with Gasteiger partial charge in [0, 0.05) is 36.0 Å². The molecule has 1 aliphatic carbocycles. The summed E-state index contributed by atoms with van der Waals surface area (Å²) in [5.74, 6) is 0.193. The number of carbonyl (C=O) groups is 1. The lowest BCUT2D eigenvalue weighted by Crippen LogP contribution is -2.10. The number of benzene rings is 1. The number of ketones is 1. The number of nitrogens with one attached hydrogen (secondary N) is 1. The van der Waals surface area contributed by atoms with Crippen LogP contribution in [0.1, 0.15) is 31.2 Å². The smallest absolute Gasteiger partial charge is 0.269 e. The van der Waals surface area contributed by atoms with Gasteiger partial charge in [0.2, 0.25) is 0 Å². The highest BCUT2D eigenvalue weighted by Gasteiger charge is 2.14. The fourth-order valence-electron chi connectivity index (χ4n) is 2.14. The lowest BCUT2D eigenvalue weighted by atomic mass is 9.94. The van der Waals surface area contributed by atoms with Crippen LogP contribution < -0.4 is 5.32 Å². The summed E-state index contributed by atoms with van der Waals surface area (Å²) in [6.07, 6.45) is 5.16. The normalized spacial score (nSPS) is 17.5. The predicted molar refractivity (Wildman–Crippen MR) is 73.0 cm³/mol. The minimum atomic E-state index is -0.417. The predicted octanol–water partition coefficient (Wildman–Crippen LogP) is 3.34. The number of rotatable bonds is 3. The average molecular weight is 260 g/mol. The number of hydrogen-bond donors (Lipinski definition) is 1. The van der Waals surface area contributed by atoms with Crippen molar-refractivity contribution in [2.75, 3.05) is 5.32 Å². The number of Topliss-reactive ketones (excluding diaryl/α,β-unsaturated/α-hetero) is 1. The van der Waals surface area contributed by atoms with Crippen LogP contribution in [0, 0.1) is 17.0 Å². The Morgan fingerprint density at radius 2 is 2.05 bits per heavy atom. The molecule has 2 rings (SSSR count). The van der Waals surface area contributed by atoms with E-state index in [1.165, 1.54) is 12.1 Å².